The zero-order chi connectivity index (χ0) is 6.41. The molecule has 8 heavy (non-hydrogen) atoms. The lowest BCUT2D eigenvalue weighted by Gasteiger charge is -2.04. The number of rotatable bonds is 4. The van der Waals surface area contributed by atoms with Crippen molar-refractivity contribution >= 4 is 15.9 Å². The fourth-order valence-electron chi connectivity index (χ4n) is 0.604. The molecule has 0 saturated carbocycles. The average molecular weight is 181 g/mol. The summed E-state index contributed by atoms with van der Waals surface area (Å²) >= 11 is 3.26. The summed E-state index contributed by atoms with van der Waals surface area (Å²) in [5.74, 6) is 0. The molecule has 0 heterocycles. The molecule has 1 unspecified atom stereocenters. The number of aliphatic hydroxyl groups is 1. The zero-order valence-corrected chi connectivity index (χ0v) is 6.82. The Morgan fingerprint density at radius 3 is 2.50 bits per heavy atom. The second kappa shape index (κ2) is 5.57. The molecule has 0 aliphatic heterocycles. The quantitative estimate of drug-likeness (QED) is 0.657. The van der Waals surface area contributed by atoms with Gasteiger partial charge in [0.05, 0.1) is 6.10 Å². The van der Waals surface area contributed by atoms with Gasteiger partial charge in [0.15, 0.2) is 0 Å². The highest BCUT2D eigenvalue weighted by atomic mass is 79.9. The zero-order valence-electron chi connectivity index (χ0n) is 5.23. The van der Waals surface area contributed by atoms with Gasteiger partial charge in [-0.3, -0.25) is 0 Å². The van der Waals surface area contributed by atoms with Crippen LogP contribution >= 0.6 is 15.9 Å². The van der Waals surface area contributed by atoms with Crippen molar-refractivity contribution in [3.05, 3.63) is 0 Å². The summed E-state index contributed by atoms with van der Waals surface area (Å²) < 4.78 is 0. The third-order valence-electron chi connectivity index (χ3n) is 1.06. The van der Waals surface area contributed by atoms with Gasteiger partial charge < -0.3 is 5.11 Å². The third kappa shape index (κ3) is 4.60. The topological polar surface area (TPSA) is 20.2 Å². The van der Waals surface area contributed by atoms with Crippen LogP contribution in [0.15, 0.2) is 0 Å². The van der Waals surface area contributed by atoms with E-state index in [9.17, 15) is 0 Å². The monoisotopic (exact) mass is 180 g/mol. The SMILES string of the molecule is CCCC(O)CCBr. The molecular formula is C6H13BrO. The van der Waals surface area contributed by atoms with Crippen molar-refractivity contribution in [3.8, 4) is 0 Å². The first-order valence-corrected chi connectivity index (χ1v) is 4.17. The second-order valence-corrected chi connectivity index (χ2v) is 2.71. The lowest BCUT2D eigenvalue weighted by atomic mass is 10.2. The molecule has 0 aromatic carbocycles. The molecule has 0 rings (SSSR count). The average Bonchev–Trinajstić information content (AvgIpc) is 1.68. The molecule has 0 aliphatic rings. The van der Waals surface area contributed by atoms with E-state index in [2.05, 4.69) is 22.9 Å². The minimum absolute atomic E-state index is 0.0839. The van der Waals surface area contributed by atoms with E-state index in [0.29, 0.717) is 0 Å². The van der Waals surface area contributed by atoms with Crippen molar-refractivity contribution < 1.29 is 5.11 Å². The van der Waals surface area contributed by atoms with Crippen LogP contribution in [-0.2, 0) is 0 Å². The van der Waals surface area contributed by atoms with Crippen molar-refractivity contribution in [2.24, 2.45) is 0 Å². The highest BCUT2D eigenvalue weighted by Gasteiger charge is 1.98. The highest BCUT2D eigenvalue weighted by Crippen LogP contribution is 2.02. The van der Waals surface area contributed by atoms with Crippen LogP contribution in [0, 0.1) is 0 Å². The summed E-state index contributed by atoms with van der Waals surface area (Å²) in [4.78, 5) is 0. The van der Waals surface area contributed by atoms with Crippen LogP contribution in [-0.4, -0.2) is 16.5 Å². The first-order valence-electron chi connectivity index (χ1n) is 3.05. The van der Waals surface area contributed by atoms with Crippen LogP contribution in [0.3, 0.4) is 0 Å². The fraction of sp³-hybridized carbons (Fsp3) is 1.00. The number of hydrogen-bond donors (Lipinski definition) is 1. The van der Waals surface area contributed by atoms with Crippen molar-refractivity contribution in [2.45, 2.75) is 32.3 Å². The van der Waals surface area contributed by atoms with Gasteiger partial charge in [-0.15, -0.1) is 0 Å². The van der Waals surface area contributed by atoms with Gasteiger partial charge in [-0.1, -0.05) is 29.3 Å². The molecular weight excluding hydrogens is 168 g/mol. The largest absolute Gasteiger partial charge is 0.393 e. The van der Waals surface area contributed by atoms with Crippen LogP contribution in [0.2, 0.25) is 0 Å². The Balaban J connectivity index is 2.92. The molecule has 0 radical (unpaired) electrons. The molecule has 2 heteroatoms. The Hall–Kier alpha value is 0.440. The standard InChI is InChI=1S/C6H13BrO/c1-2-3-6(8)4-5-7/h6,8H,2-5H2,1H3. The van der Waals surface area contributed by atoms with Gasteiger partial charge in [0, 0.05) is 5.33 Å². The van der Waals surface area contributed by atoms with Crippen molar-refractivity contribution in [1.82, 2.24) is 0 Å². The van der Waals surface area contributed by atoms with E-state index in [-0.39, 0.29) is 6.10 Å². The first kappa shape index (κ1) is 8.44. The predicted molar refractivity (Wildman–Crippen MR) is 39.3 cm³/mol. The van der Waals surface area contributed by atoms with E-state index < -0.39 is 0 Å². The Morgan fingerprint density at radius 1 is 1.50 bits per heavy atom. The Kier molecular flexibility index (Phi) is 5.88. The van der Waals surface area contributed by atoms with Crippen molar-refractivity contribution in [1.29, 1.82) is 0 Å². The summed E-state index contributed by atoms with van der Waals surface area (Å²) in [6, 6.07) is 0. The highest BCUT2D eigenvalue weighted by molar-refractivity contribution is 9.09. The van der Waals surface area contributed by atoms with Gasteiger partial charge >= 0.3 is 0 Å². The maximum atomic E-state index is 9.02. The normalized spacial score (nSPS) is 13.9. The molecule has 0 aromatic rings. The van der Waals surface area contributed by atoms with Crippen LogP contribution in [0.5, 0.6) is 0 Å². The van der Waals surface area contributed by atoms with Gasteiger partial charge in [0.25, 0.3) is 0 Å². The molecule has 0 aliphatic carbocycles. The maximum Gasteiger partial charge on any atom is 0.0548 e. The van der Waals surface area contributed by atoms with E-state index in [0.717, 1.165) is 24.6 Å². The smallest absolute Gasteiger partial charge is 0.0548 e. The van der Waals surface area contributed by atoms with E-state index >= 15 is 0 Å². The summed E-state index contributed by atoms with van der Waals surface area (Å²) in [7, 11) is 0. The number of hydrogen-bond acceptors (Lipinski definition) is 1. The van der Waals surface area contributed by atoms with Gasteiger partial charge in [0.2, 0.25) is 0 Å². The summed E-state index contributed by atoms with van der Waals surface area (Å²) in [5.41, 5.74) is 0. The van der Waals surface area contributed by atoms with E-state index in [1.54, 1.807) is 0 Å². The van der Waals surface area contributed by atoms with Crippen LogP contribution in [0.1, 0.15) is 26.2 Å². The molecule has 0 amide bonds. The molecule has 1 atom stereocenters. The molecule has 1 N–H and O–H groups in total. The predicted octanol–water partition coefficient (Wildman–Crippen LogP) is 1.93. The summed E-state index contributed by atoms with van der Waals surface area (Å²) in [5, 5.41) is 9.93. The Morgan fingerprint density at radius 2 is 2.12 bits per heavy atom. The third-order valence-corrected chi connectivity index (χ3v) is 1.52. The lowest BCUT2D eigenvalue weighted by molar-refractivity contribution is 0.161. The number of aliphatic hydroxyl groups excluding tert-OH is 1. The summed E-state index contributed by atoms with van der Waals surface area (Å²) in [6.07, 6.45) is 2.81. The molecule has 1 nitrogen and oxygen atoms in total. The Labute approximate surface area is 59.2 Å². The van der Waals surface area contributed by atoms with Crippen molar-refractivity contribution in [2.75, 3.05) is 5.33 Å². The van der Waals surface area contributed by atoms with Crippen LogP contribution in [0.4, 0.5) is 0 Å². The molecule has 0 spiro atoms. The van der Waals surface area contributed by atoms with E-state index in [1.807, 2.05) is 0 Å². The molecule has 50 valence electrons. The van der Waals surface area contributed by atoms with Crippen LogP contribution in [0.25, 0.3) is 0 Å². The molecule has 0 bridgehead atoms. The lowest BCUT2D eigenvalue weighted by Crippen LogP contribution is -2.05. The second-order valence-electron chi connectivity index (χ2n) is 1.92. The van der Waals surface area contributed by atoms with Gasteiger partial charge in [-0.2, -0.15) is 0 Å². The van der Waals surface area contributed by atoms with Gasteiger partial charge in [-0.25, -0.2) is 0 Å². The van der Waals surface area contributed by atoms with Crippen molar-refractivity contribution in [3.63, 3.8) is 0 Å². The van der Waals surface area contributed by atoms with Gasteiger partial charge in [0.1, 0.15) is 0 Å². The minimum Gasteiger partial charge on any atom is -0.393 e. The maximum absolute atomic E-state index is 9.02. The number of halogens is 1. The first-order chi connectivity index (χ1) is 3.81. The molecule has 0 fully saturated rings. The number of alkyl halides is 1. The minimum atomic E-state index is -0.0839. The summed E-state index contributed by atoms with van der Waals surface area (Å²) in [6.45, 7) is 2.08. The molecule has 0 aromatic heterocycles. The fourth-order valence-corrected chi connectivity index (χ4v) is 1.13. The Bertz CT molecular complexity index is 41.8. The molecule has 0 saturated heterocycles. The van der Waals surface area contributed by atoms with Gasteiger partial charge in [-0.05, 0) is 12.8 Å². The van der Waals surface area contributed by atoms with E-state index in [1.165, 1.54) is 0 Å². The van der Waals surface area contributed by atoms with Crippen LogP contribution < -0.4 is 0 Å². The van der Waals surface area contributed by atoms with E-state index in [4.69, 9.17) is 5.11 Å².